The first-order chi connectivity index (χ1) is 9.36. The van der Waals surface area contributed by atoms with Crippen LogP contribution < -0.4 is 5.32 Å². The number of carbonyl (C=O) groups excluding carboxylic acids is 1. The molecule has 106 valence electrons. The average Bonchev–Trinajstić information content (AvgIpc) is 2.70. The summed E-state index contributed by atoms with van der Waals surface area (Å²) in [4.78, 5) is 12.3. The van der Waals surface area contributed by atoms with Crippen LogP contribution in [0.25, 0.3) is 0 Å². The highest BCUT2D eigenvalue weighted by atomic mass is 79.9. The molecule has 0 spiro atoms. The van der Waals surface area contributed by atoms with Gasteiger partial charge in [0.15, 0.2) is 0 Å². The number of nitrogens with one attached hydrogen (secondary N) is 1. The van der Waals surface area contributed by atoms with Crippen molar-refractivity contribution in [1.82, 2.24) is 4.57 Å². The van der Waals surface area contributed by atoms with Crippen molar-refractivity contribution in [3.05, 3.63) is 52.0 Å². The number of rotatable bonds is 3. The molecule has 20 heavy (non-hydrogen) atoms. The zero-order chi connectivity index (χ0) is 14.9. The minimum Gasteiger partial charge on any atom is -0.340 e. The van der Waals surface area contributed by atoms with Crippen LogP contribution in [0.15, 0.2) is 34.9 Å². The number of amides is 1. The van der Waals surface area contributed by atoms with Crippen LogP contribution in [0.1, 0.15) is 35.9 Å². The molecular weight excluding hydrogens is 323 g/mol. The van der Waals surface area contributed by atoms with E-state index in [1.165, 1.54) is 12.1 Å². The molecule has 3 nitrogen and oxygen atoms in total. The van der Waals surface area contributed by atoms with E-state index in [9.17, 15) is 9.18 Å². The van der Waals surface area contributed by atoms with E-state index in [1.807, 2.05) is 24.6 Å². The summed E-state index contributed by atoms with van der Waals surface area (Å²) in [5.41, 5.74) is 1.76. The molecule has 1 amide bonds. The molecule has 0 radical (unpaired) electrons. The number of aromatic nitrogens is 1. The molecule has 0 unspecified atom stereocenters. The van der Waals surface area contributed by atoms with Gasteiger partial charge in [-0.05, 0) is 66.5 Å². The lowest BCUT2D eigenvalue weighted by molar-refractivity contribution is 0.101. The maximum atomic E-state index is 13.3. The Morgan fingerprint density at radius 2 is 2.00 bits per heavy atom. The maximum Gasteiger partial charge on any atom is 0.272 e. The van der Waals surface area contributed by atoms with Gasteiger partial charge in [-0.25, -0.2) is 4.39 Å². The van der Waals surface area contributed by atoms with Gasteiger partial charge < -0.3 is 9.88 Å². The molecule has 0 saturated heterocycles. The van der Waals surface area contributed by atoms with Crippen LogP contribution in [-0.4, -0.2) is 10.5 Å². The second kappa shape index (κ2) is 5.79. The summed E-state index contributed by atoms with van der Waals surface area (Å²) in [5.74, 6) is -0.616. The van der Waals surface area contributed by atoms with Crippen molar-refractivity contribution in [2.24, 2.45) is 0 Å². The maximum absolute atomic E-state index is 13.3. The van der Waals surface area contributed by atoms with Gasteiger partial charge >= 0.3 is 0 Å². The zero-order valence-corrected chi connectivity index (χ0v) is 13.2. The van der Waals surface area contributed by atoms with Crippen LogP contribution in [0.5, 0.6) is 0 Å². The van der Waals surface area contributed by atoms with Crippen LogP contribution in [0, 0.1) is 12.7 Å². The Bertz CT molecular complexity index is 629. The molecule has 0 aliphatic carbocycles. The summed E-state index contributed by atoms with van der Waals surface area (Å²) in [7, 11) is 0. The summed E-state index contributed by atoms with van der Waals surface area (Å²) in [6.45, 7) is 5.78. The van der Waals surface area contributed by atoms with Crippen molar-refractivity contribution in [1.29, 1.82) is 0 Å². The Morgan fingerprint density at radius 3 is 2.60 bits per heavy atom. The highest BCUT2D eigenvalue weighted by Gasteiger charge is 2.15. The monoisotopic (exact) mass is 338 g/mol. The second-order valence-corrected chi connectivity index (χ2v) is 5.93. The van der Waals surface area contributed by atoms with Crippen LogP contribution in [-0.2, 0) is 0 Å². The third kappa shape index (κ3) is 3.28. The molecule has 0 atom stereocenters. The number of hydrogen-bond donors (Lipinski definition) is 1. The summed E-state index contributed by atoms with van der Waals surface area (Å²) in [5, 5.41) is 2.73. The summed E-state index contributed by atoms with van der Waals surface area (Å²) in [6.07, 6.45) is 1.86. The van der Waals surface area contributed by atoms with Crippen molar-refractivity contribution < 1.29 is 9.18 Å². The van der Waals surface area contributed by atoms with Gasteiger partial charge in [0, 0.05) is 22.4 Å². The molecular formula is C15H16BrFN2O. The smallest absolute Gasteiger partial charge is 0.272 e. The molecule has 0 fully saturated rings. The molecule has 1 heterocycles. The molecule has 0 bridgehead atoms. The van der Waals surface area contributed by atoms with Gasteiger partial charge in [-0.15, -0.1) is 0 Å². The van der Waals surface area contributed by atoms with E-state index in [0.717, 1.165) is 10.0 Å². The Balaban J connectivity index is 2.28. The largest absolute Gasteiger partial charge is 0.340 e. The van der Waals surface area contributed by atoms with E-state index in [0.29, 0.717) is 11.4 Å². The standard InChI is InChI=1S/C15H16BrFN2O/c1-9(2)19-8-11(16)6-14(19)15(20)18-13-5-10(3)4-12(17)7-13/h4-9H,1-3H3,(H,18,20). The highest BCUT2D eigenvalue weighted by Crippen LogP contribution is 2.21. The Hall–Kier alpha value is -1.62. The SMILES string of the molecule is Cc1cc(F)cc(NC(=O)c2cc(Br)cn2C(C)C)c1. The average molecular weight is 339 g/mol. The molecule has 1 aromatic carbocycles. The van der Waals surface area contributed by atoms with E-state index < -0.39 is 0 Å². The van der Waals surface area contributed by atoms with Gasteiger partial charge in [0.1, 0.15) is 11.5 Å². The molecule has 0 aliphatic rings. The predicted molar refractivity (Wildman–Crippen MR) is 81.6 cm³/mol. The van der Waals surface area contributed by atoms with Crippen molar-refractivity contribution in [2.75, 3.05) is 5.32 Å². The molecule has 1 N–H and O–H groups in total. The lowest BCUT2D eigenvalue weighted by atomic mass is 10.2. The van der Waals surface area contributed by atoms with Gasteiger partial charge in [-0.2, -0.15) is 0 Å². The topological polar surface area (TPSA) is 34.0 Å². The first-order valence-corrected chi connectivity index (χ1v) is 7.12. The molecule has 1 aromatic heterocycles. The van der Waals surface area contributed by atoms with Crippen LogP contribution >= 0.6 is 15.9 Å². The summed E-state index contributed by atoms with van der Waals surface area (Å²) < 4.78 is 16.0. The molecule has 2 aromatic rings. The number of nitrogens with zero attached hydrogens (tertiary/aromatic N) is 1. The Morgan fingerprint density at radius 1 is 1.30 bits per heavy atom. The fraction of sp³-hybridized carbons (Fsp3) is 0.267. The molecule has 0 saturated carbocycles. The fourth-order valence-electron chi connectivity index (χ4n) is 2.06. The molecule has 0 aliphatic heterocycles. The quantitative estimate of drug-likeness (QED) is 0.876. The first-order valence-electron chi connectivity index (χ1n) is 6.32. The number of halogens is 2. The van der Waals surface area contributed by atoms with Crippen molar-refractivity contribution in [2.45, 2.75) is 26.8 Å². The van der Waals surface area contributed by atoms with Crippen molar-refractivity contribution >= 4 is 27.5 Å². The van der Waals surface area contributed by atoms with E-state index >= 15 is 0 Å². The lowest BCUT2D eigenvalue weighted by Gasteiger charge is -2.13. The van der Waals surface area contributed by atoms with Gasteiger partial charge in [0.2, 0.25) is 0 Å². The summed E-state index contributed by atoms with van der Waals surface area (Å²) >= 11 is 3.37. The van der Waals surface area contributed by atoms with Crippen LogP contribution in [0.4, 0.5) is 10.1 Å². The number of benzene rings is 1. The highest BCUT2D eigenvalue weighted by molar-refractivity contribution is 9.10. The second-order valence-electron chi connectivity index (χ2n) is 5.02. The van der Waals surface area contributed by atoms with Gasteiger partial charge in [-0.3, -0.25) is 4.79 Å². The van der Waals surface area contributed by atoms with Gasteiger partial charge in [0.05, 0.1) is 0 Å². The first kappa shape index (κ1) is 14.8. The normalized spacial score (nSPS) is 10.9. The zero-order valence-electron chi connectivity index (χ0n) is 11.6. The van der Waals surface area contributed by atoms with Crippen LogP contribution in [0.3, 0.4) is 0 Å². The number of hydrogen-bond acceptors (Lipinski definition) is 1. The van der Waals surface area contributed by atoms with Crippen LogP contribution in [0.2, 0.25) is 0 Å². The Kier molecular flexibility index (Phi) is 4.28. The van der Waals surface area contributed by atoms with E-state index in [2.05, 4.69) is 21.2 Å². The number of anilines is 1. The molecule has 5 heteroatoms. The predicted octanol–water partition coefficient (Wildman–Crippen LogP) is 4.53. The fourth-order valence-corrected chi connectivity index (χ4v) is 2.50. The number of aryl methyl sites for hydroxylation is 1. The minimum atomic E-state index is -0.360. The minimum absolute atomic E-state index is 0.163. The van der Waals surface area contributed by atoms with Crippen molar-refractivity contribution in [3.63, 3.8) is 0 Å². The third-order valence-corrected chi connectivity index (χ3v) is 3.34. The third-order valence-electron chi connectivity index (χ3n) is 2.90. The lowest BCUT2D eigenvalue weighted by Crippen LogP contribution is -2.17. The van der Waals surface area contributed by atoms with E-state index in [4.69, 9.17) is 0 Å². The van der Waals surface area contributed by atoms with E-state index in [1.54, 1.807) is 19.1 Å². The summed E-state index contributed by atoms with van der Waals surface area (Å²) in [6, 6.07) is 6.38. The number of carbonyl (C=O) groups is 1. The molecule has 2 rings (SSSR count). The van der Waals surface area contributed by atoms with Crippen molar-refractivity contribution in [3.8, 4) is 0 Å². The van der Waals surface area contributed by atoms with Gasteiger partial charge in [0.25, 0.3) is 5.91 Å². The van der Waals surface area contributed by atoms with E-state index in [-0.39, 0.29) is 17.8 Å². The Labute approximate surface area is 125 Å². The van der Waals surface area contributed by atoms with Gasteiger partial charge in [-0.1, -0.05) is 0 Å².